The first-order valence-electron chi connectivity index (χ1n) is 6.79. The van der Waals surface area contributed by atoms with E-state index >= 15 is 0 Å². The lowest BCUT2D eigenvalue weighted by Crippen LogP contribution is -2.53. The fourth-order valence-corrected chi connectivity index (χ4v) is 3.85. The van der Waals surface area contributed by atoms with Gasteiger partial charge in [0.1, 0.15) is 0 Å². The normalized spacial score (nSPS) is 14.4. The van der Waals surface area contributed by atoms with Crippen LogP contribution in [0.3, 0.4) is 0 Å². The third-order valence-electron chi connectivity index (χ3n) is 3.56. The van der Waals surface area contributed by atoms with Gasteiger partial charge in [-0.1, -0.05) is 29.8 Å². The molecule has 0 fully saturated rings. The van der Waals surface area contributed by atoms with Gasteiger partial charge in [0.2, 0.25) is 0 Å². The highest BCUT2D eigenvalue weighted by atomic mass is 35.5. The van der Waals surface area contributed by atoms with E-state index in [1.54, 1.807) is 19.1 Å². The maximum Gasteiger partial charge on any atom is 0.316 e. The standard InChI is InChI=1S/C15H12ClN3O4S/c1-9-4-2-5-10(8-9)24(22,23)19(17)18-12-7-3-6-11(16)13(12)14(20)15(18)21/h2-8H,17H2,1H3. The molecule has 0 atom stereocenters. The van der Waals surface area contributed by atoms with Gasteiger partial charge in [-0.2, -0.15) is 0 Å². The minimum atomic E-state index is -4.24. The molecule has 0 spiro atoms. The van der Waals surface area contributed by atoms with E-state index in [2.05, 4.69) is 0 Å². The van der Waals surface area contributed by atoms with Crippen molar-refractivity contribution in [1.82, 2.24) is 4.52 Å². The van der Waals surface area contributed by atoms with Crippen LogP contribution in [0.2, 0.25) is 5.02 Å². The molecule has 1 amide bonds. The summed E-state index contributed by atoms with van der Waals surface area (Å²) in [5.74, 6) is 3.71. The summed E-state index contributed by atoms with van der Waals surface area (Å²) < 4.78 is 25.6. The molecular weight excluding hydrogens is 354 g/mol. The third-order valence-corrected chi connectivity index (χ3v) is 5.38. The number of carbonyl (C=O) groups excluding carboxylic acids is 2. The number of hydrazine groups is 2. The van der Waals surface area contributed by atoms with Gasteiger partial charge in [-0.05, 0) is 41.3 Å². The van der Waals surface area contributed by atoms with Crippen molar-refractivity contribution in [2.24, 2.45) is 5.84 Å². The first kappa shape index (κ1) is 16.6. The summed E-state index contributed by atoms with van der Waals surface area (Å²) in [5, 5.41) is 0.663. The zero-order chi connectivity index (χ0) is 17.6. The lowest BCUT2D eigenvalue weighted by atomic mass is 10.1. The van der Waals surface area contributed by atoms with E-state index in [0.717, 1.165) is 0 Å². The molecule has 2 aromatic rings. The smallest absolute Gasteiger partial charge is 0.283 e. The second-order valence-corrected chi connectivity index (χ2v) is 7.38. The number of ketones is 1. The van der Waals surface area contributed by atoms with E-state index in [1.165, 1.54) is 30.3 Å². The molecule has 0 saturated carbocycles. The Hall–Kier alpha value is -2.26. The third kappa shape index (κ3) is 2.40. The van der Waals surface area contributed by atoms with Gasteiger partial charge in [-0.25, -0.2) is 19.3 Å². The Morgan fingerprint density at radius 1 is 1.12 bits per heavy atom. The van der Waals surface area contributed by atoms with Crippen LogP contribution in [0.15, 0.2) is 47.4 Å². The molecule has 124 valence electrons. The van der Waals surface area contributed by atoms with Crippen LogP contribution in [0.25, 0.3) is 0 Å². The van der Waals surface area contributed by atoms with Crippen LogP contribution in [-0.2, 0) is 14.8 Å². The molecule has 1 aliphatic heterocycles. The Kier molecular flexibility index (Phi) is 3.92. The molecule has 2 N–H and O–H groups in total. The molecule has 7 nitrogen and oxygen atoms in total. The molecule has 0 saturated heterocycles. The second-order valence-electron chi connectivity index (χ2n) is 5.17. The second kappa shape index (κ2) is 5.67. The zero-order valence-electron chi connectivity index (χ0n) is 12.4. The van der Waals surface area contributed by atoms with E-state index in [1.807, 2.05) is 0 Å². The molecular formula is C15H12ClN3O4S. The van der Waals surface area contributed by atoms with Crippen molar-refractivity contribution in [2.45, 2.75) is 11.8 Å². The van der Waals surface area contributed by atoms with E-state index < -0.39 is 21.7 Å². The van der Waals surface area contributed by atoms with Crippen molar-refractivity contribution < 1.29 is 18.0 Å². The van der Waals surface area contributed by atoms with Crippen molar-refractivity contribution >= 4 is 39.0 Å². The number of aryl methyl sites for hydroxylation is 1. The Labute approximate surface area is 143 Å². The Bertz CT molecular complexity index is 974. The van der Waals surface area contributed by atoms with Gasteiger partial charge in [-0.3, -0.25) is 9.59 Å². The first-order chi connectivity index (χ1) is 11.2. The number of amides is 1. The fourth-order valence-electron chi connectivity index (χ4n) is 2.41. The maximum atomic E-state index is 12.7. The summed E-state index contributed by atoms with van der Waals surface area (Å²) in [6, 6.07) is 10.4. The van der Waals surface area contributed by atoms with Gasteiger partial charge in [-0.15, -0.1) is 0 Å². The Morgan fingerprint density at radius 2 is 1.79 bits per heavy atom. The van der Waals surface area contributed by atoms with Gasteiger partial charge in [0, 0.05) is 0 Å². The molecule has 0 aliphatic carbocycles. The van der Waals surface area contributed by atoms with E-state index in [-0.39, 0.29) is 25.7 Å². The lowest BCUT2D eigenvalue weighted by Gasteiger charge is -2.26. The molecule has 9 heteroatoms. The maximum absolute atomic E-state index is 12.7. The van der Waals surface area contributed by atoms with Gasteiger partial charge in [0.15, 0.2) is 0 Å². The van der Waals surface area contributed by atoms with E-state index in [0.29, 0.717) is 10.6 Å². The number of hydrogen-bond acceptors (Lipinski definition) is 5. The molecule has 2 aromatic carbocycles. The van der Waals surface area contributed by atoms with Crippen LogP contribution in [0.4, 0.5) is 5.69 Å². The topological polar surface area (TPSA) is 101 Å². The lowest BCUT2D eigenvalue weighted by molar-refractivity contribution is -0.116. The van der Waals surface area contributed by atoms with Crippen molar-refractivity contribution in [1.29, 1.82) is 0 Å². The largest absolute Gasteiger partial charge is 0.316 e. The molecule has 1 heterocycles. The Balaban J connectivity index is 2.11. The molecule has 0 unspecified atom stereocenters. The summed E-state index contributed by atoms with van der Waals surface area (Å²) in [5.41, 5.74) is 0.659. The minimum Gasteiger partial charge on any atom is -0.283 e. The monoisotopic (exact) mass is 365 g/mol. The number of hydrogen-bond donors (Lipinski definition) is 1. The highest BCUT2D eigenvalue weighted by Crippen LogP contribution is 2.35. The van der Waals surface area contributed by atoms with Gasteiger partial charge >= 0.3 is 5.91 Å². The Morgan fingerprint density at radius 3 is 2.46 bits per heavy atom. The first-order valence-corrected chi connectivity index (χ1v) is 8.61. The minimum absolute atomic E-state index is 0.0243. The molecule has 3 rings (SSSR count). The number of halogens is 1. The summed E-state index contributed by atoms with van der Waals surface area (Å²) in [4.78, 5) is 24.2. The summed E-state index contributed by atoms with van der Waals surface area (Å²) in [6.45, 7) is 1.72. The van der Waals surface area contributed by atoms with Gasteiger partial charge in [0.25, 0.3) is 15.8 Å². The number of sulfonamides is 1. The highest BCUT2D eigenvalue weighted by Gasteiger charge is 2.44. The van der Waals surface area contributed by atoms with Crippen LogP contribution in [0.1, 0.15) is 15.9 Å². The van der Waals surface area contributed by atoms with Crippen molar-refractivity contribution in [3.63, 3.8) is 0 Å². The predicted molar refractivity (Wildman–Crippen MR) is 87.7 cm³/mol. The van der Waals surface area contributed by atoms with Crippen LogP contribution in [0.5, 0.6) is 0 Å². The number of anilines is 1. The number of nitrogens with two attached hydrogens (primary N) is 1. The highest BCUT2D eigenvalue weighted by molar-refractivity contribution is 7.89. The van der Waals surface area contributed by atoms with E-state index in [9.17, 15) is 18.0 Å². The number of nitrogens with zero attached hydrogens (tertiary/aromatic N) is 2. The number of carbonyl (C=O) groups is 2. The van der Waals surface area contributed by atoms with Crippen LogP contribution in [0, 0.1) is 6.92 Å². The fraction of sp³-hybridized carbons (Fsp3) is 0.0667. The van der Waals surface area contributed by atoms with Crippen LogP contribution in [-0.4, -0.2) is 24.6 Å². The van der Waals surface area contributed by atoms with Gasteiger partial charge in [0.05, 0.1) is 21.2 Å². The number of benzene rings is 2. The molecule has 0 bridgehead atoms. The quantitative estimate of drug-likeness (QED) is 0.506. The average Bonchev–Trinajstić information content (AvgIpc) is 2.79. The van der Waals surface area contributed by atoms with Crippen molar-refractivity contribution in [3.05, 3.63) is 58.6 Å². The van der Waals surface area contributed by atoms with Crippen molar-refractivity contribution in [2.75, 3.05) is 5.01 Å². The van der Waals surface area contributed by atoms with Crippen LogP contribution < -0.4 is 10.9 Å². The number of Topliss-reactive ketones (excluding diaryl/α,β-unsaturated/α-hetero) is 1. The summed E-state index contributed by atoms with van der Waals surface area (Å²) in [6.07, 6.45) is 0. The van der Waals surface area contributed by atoms with Crippen molar-refractivity contribution in [3.8, 4) is 0 Å². The molecule has 0 aromatic heterocycles. The number of rotatable bonds is 3. The zero-order valence-corrected chi connectivity index (χ0v) is 14.0. The van der Waals surface area contributed by atoms with E-state index in [4.69, 9.17) is 17.4 Å². The molecule has 24 heavy (non-hydrogen) atoms. The summed E-state index contributed by atoms with van der Waals surface area (Å²) in [7, 11) is -4.24. The average molecular weight is 366 g/mol. The number of fused-ring (bicyclic) bond motifs is 1. The SMILES string of the molecule is Cc1cccc(S(=O)(=O)N(N)N2C(=O)C(=O)c3c(Cl)cccc32)c1. The predicted octanol–water partition coefficient (Wildman–Crippen LogP) is 1.66. The summed E-state index contributed by atoms with van der Waals surface area (Å²) >= 11 is 5.94. The van der Waals surface area contributed by atoms with Crippen LogP contribution >= 0.6 is 11.6 Å². The molecule has 0 radical (unpaired) electrons. The molecule has 1 aliphatic rings. The van der Waals surface area contributed by atoms with Gasteiger partial charge < -0.3 is 0 Å².